The average molecular weight is 320 g/mol. The van der Waals surface area contributed by atoms with E-state index in [2.05, 4.69) is 4.98 Å². The fourth-order valence-electron chi connectivity index (χ4n) is 1.62. The number of halogens is 3. The van der Waals surface area contributed by atoms with Crippen LogP contribution < -0.4 is 5.73 Å². The minimum absolute atomic E-state index is 0.209. The lowest BCUT2D eigenvalue weighted by Gasteiger charge is -2.29. The van der Waals surface area contributed by atoms with Crippen molar-refractivity contribution in [2.45, 2.75) is 46.8 Å². The molecule has 126 valence electrons. The number of carbonyl (C=O) groups excluding carboxylic acids is 1. The Morgan fingerprint density at radius 1 is 1.32 bits per heavy atom. The first-order chi connectivity index (χ1) is 10.1. The number of carbonyl (C=O) groups is 1. The second-order valence-electron chi connectivity index (χ2n) is 4.89. The van der Waals surface area contributed by atoms with Crippen molar-refractivity contribution in [2.75, 3.05) is 6.61 Å². The molecule has 7 heteroatoms. The molecule has 0 spiro atoms. The molecule has 1 atom stereocenters. The first-order valence-corrected chi connectivity index (χ1v) is 7.06. The molecule has 0 aliphatic carbocycles. The number of esters is 1. The number of nitrogens with zero attached hydrogens (tertiary/aromatic N) is 1. The van der Waals surface area contributed by atoms with Crippen molar-refractivity contribution >= 4 is 5.97 Å². The molecule has 0 saturated heterocycles. The van der Waals surface area contributed by atoms with E-state index < -0.39 is 29.3 Å². The van der Waals surface area contributed by atoms with Gasteiger partial charge in [0, 0.05) is 12.2 Å². The van der Waals surface area contributed by atoms with Crippen molar-refractivity contribution in [3.8, 4) is 0 Å². The average Bonchev–Trinajstić information content (AvgIpc) is 2.48. The number of aromatic nitrogens is 1. The molecule has 1 heterocycles. The lowest BCUT2D eigenvalue weighted by Crippen LogP contribution is -2.38. The summed E-state index contributed by atoms with van der Waals surface area (Å²) in [6.45, 7) is 9.03. The molecule has 1 unspecified atom stereocenters. The standard InChI is InChI=1S/C13H17F3N2O2.C2H6/c1-4-20-11(19)12(2,3)10(17)8-5-6-9(18-7-8)13(14,15)16;1-2/h5-7,10H,4,17H2,1-3H3;1-2H3. The second kappa shape index (κ2) is 8.12. The first-order valence-electron chi connectivity index (χ1n) is 7.06. The molecule has 22 heavy (non-hydrogen) atoms. The molecule has 1 aromatic rings. The molecular formula is C15H23F3N2O2. The van der Waals surface area contributed by atoms with Crippen molar-refractivity contribution in [2.24, 2.45) is 11.1 Å². The number of ether oxygens (including phenoxy) is 1. The predicted octanol–water partition coefficient (Wildman–Crippen LogP) is 3.72. The minimum Gasteiger partial charge on any atom is -0.466 e. The van der Waals surface area contributed by atoms with Gasteiger partial charge in [-0.25, -0.2) is 0 Å². The summed E-state index contributed by atoms with van der Waals surface area (Å²) >= 11 is 0. The van der Waals surface area contributed by atoms with Crippen LogP contribution >= 0.6 is 0 Å². The van der Waals surface area contributed by atoms with Crippen molar-refractivity contribution in [3.63, 3.8) is 0 Å². The molecule has 0 amide bonds. The molecule has 0 fully saturated rings. The Balaban J connectivity index is 0.00000211. The van der Waals surface area contributed by atoms with Gasteiger partial charge in [-0.15, -0.1) is 0 Å². The second-order valence-corrected chi connectivity index (χ2v) is 4.89. The number of hydrogen-bond acceptors (Lipinski definition) is 4. The van der Waals surface area contributed by atoms with Crippen LogP contribution in [0.5, 0.6) is 0 Å². The molecule has 0 saturated carbocycles. The Bertz CT molecular complexity index is 471. The summed E-state index contributed by atoms with van der Waals surface area (Å²) in [5.74, 6) is -0.507. The van der Waals surface area contributed by atoms with E-state index in [0.29, 0.717) is 5.56 Å². The van der Waals surface area contributed by atoms with Crippen LogP contribution in [0.15, 0.2) is 18.3 Å². The lowest BCUT2D eigenvalue weighted by atomic mass is 9.81. The summed E-state index contributed by atoms with van der Waals surface area (Å²) in [4.78, 5) is 15.1. The number of hydrogen-bond donors (Lipinski definition) is 1. The van der Waals surface area contributed by atoms with Gasteiger partial charge in [-0.05, 0) is 32.4 Å². The van der Waals surface area contributed by atoms with E-state index in [1.807, 2.05) is 13.8 Å². The number of alkyl halides is 3. The molecule has 1 aromatic heterocycles. The molecule has 1 rings (SSSR count). The number of pyridine rings is 1. The SMILES string of the molecule is CC.CCOC(=O)C(C)(C)C(N)c1ccc(C(F)(F)F)nc1. The lowest BCUT2D eigenvalue weighted by molar-refractivity contribution is -0.154. The fourth-order valence-corrected chi connectivity index (χ4v) is 1.62. The van der Waals surface area contributed by atoms with Crippen LogP contribution in [-0.2, 0) is 15.7 Å². The van der Waals surface area contributed by atoms with Crippen LogP contribution in [-0.4, -0.2) is 17.6 Å². The van der Waals surface area contributed by atoms with Crippen molar-refractivity contribution in [3.05, 3.63) is 29.6 Å². The van der Waals surface area contributed by atoms with Crippen LogP contribution in [0.1, 0.15) is 51.9 Å². The molecule has 2 N–H and O–H groups in total. The van der Waals surface area contributed by atoms with E-state index in [1.54, 1.807) is 20.8 Å². The molecule has 0 aromatic carbocycles. The summed E-state index contributed by atoms with van der Waals surface area (Å²) in [7, 11) is 0. The Kier molecular flexibility index (Phi) is 7.52. The third-order valence-electron chi connectivity index (χ3n) is 3.01. The van der Waals surface area contributed by atoms with Gasteiger partial charge in [0.25, 0.3) is 0 Å². The molecule has 0 aliphatic heterocycles. The summed E-state index contributed by atoms with van der Waals surface area (Å²) in [6, 6.07) is 1.26. The van der Waals surface area contributed by atoms with E-state index in [-0.39, 0.29) is 6.61 Å². The maximum absolute atomic E-state index is 12.4. The van der Waals surface area contributed by atoms with Crippen molar-refractivity contribution in [1.29, 1.82) is 0 Å². The maximum Gasteiger partial charge on any atom is 0.433 e. The van der Waals surface area contributed by atoms with Gasteiger partial charge in [0.05, 0.1) is 12.0 Å². The third-order valence-corrected chi connectivity index (χ3v) is 3.01. The fraction of sp³-hybridized carbons (Fsp3) is 0.600. The quantitative estimate of drug-likeness (QED) is 0.859. The molecular weight excluding hydrogens is 297 g/mol. The van der Waals surface area contributed by atoms with Crippen LogP contribution in [0.25, 0.3) is 0 Å². The monoisotopic (exact) mass is 320 g/mol. The predicted molar refractivity (Wildman–Crippen MR) is 77.9 cm³/mol. The Labute approximate surface area is 128 Å². The van der Waals surface area contributed by atoms with Crippen molar-refractivity contribution < 1.29 is 22.7 Å². The summed E-state index contributed by atoms with van der Waals surface area (Å²) in [6.07, 6.45) is -3.46. The largest absolute Gasteiger partial charge is 0.466 e. The number of nitrogens with two attached hydrogens (primary N) is 1. The highest BCUT2D eigenvalue weighted by Crippen LogP contribution is 2.34. The minimum atomic E-state index is -4.50. The van der Waals surface area contributed by atoms with Gasteiger partial charge in [0.2, 0.25) is 0 Å². The van der Waals surface area contributed by atoms with Gasteiger partial charge >= 0.3 is 12.1 Å². The zero-order valence-electron chi connectivity index (χ0n) is 13.5. The highest BCUT2D eigenvalue weighted by atomic mass is 19.4. The maximum atomic E-state index is 12.4. The molecule has 0 radical (unpaired) electrons. The molecule has 4 nitrogen and oxygen atoms in total. The van der Waals surface area contributed by atoms with Gasteiger partial charge in [-0.3, -0.25) is 9.78 Å². The Morgan fingerprint density at radius 3 is 2.23 bits per heavy atom. The van der Waals surface area contributed by atoms with E-state index in [1.165, 1.54) is 6.07 Å². The Morgan fingerprint density at radius 2 is 1.86 bits per heavy atom. The first kappa shape index (κ1) is 20.4. The molecule has 0 bridgehead atoms. The number of rotatable bonds is 4. The smallest absolute Gasteiger partial charge is 0.433 e. The summed E-state index contributed by atoms with van der Waals surface area (Å²) < 4.78 is 42.2. The van der Waals surface area contributed by atoms with Gasteiger partial charge in [-0.1, -0.05) is 19.9 Å². The zero-order chi connectivity index (χ0) is 17.6. The third kappa shape index (κ3) is 4.98. The van der Waals surface area contributed by atoms with Crippen molar-refractivity contribution in [1.82, 2.24) is 4.98 Å². The highest BCUT2D eigenvalue weighted by Gasteiger charge is 2.38. The molecule has 0 aliphatic rings. The topological polar surface area (TPSA) is 65.2 Å². The van der Waals surface area contributed by atoms with Crippen LogP contribution in [0.2, 0.25) is 0 Å². The summed E-state index contributed by atoms with van der Waals surface area (Å²) in [5.41, 5.74) is 4.23. The van der Waals surface area contributed by atoms with Crippen LogP contribution in [0.4, 0.5) is 13.2 Å². The van der Waals surface area contributed by atoms with Gasteiger partial charge < -0.3 is 10.5 Å². The Hall–Kier alpha value is -1.63. The van der Waals surface area contributed by atoms with Gasteiger partial charge in [0.15, 0.2) is 0 Å². The van der Waals surface area contributed by atoms with Gasteiger partial charge in [0.1, 0.15) is 5.69 Å². The van der Waals surface area contributed by atoms with Gasteiger partial charge in [-0.2, -0.15) is 13.2 Å². The van der Waals surface area contributed by atoms with E-state index in [9.17, 15) is 18.0 Å². The van der Waals surface area contributed by atoms with E-state index in [0.717, 1.165) is 12.3 Å². The highest BCUT2D eigenvalue weighted by molar-refractivity contribution is 5.77. The van der Waals surface area contributed by atoms with Crippen LogP contribution in [0, 0.1) is 5.41 Å². The van der Waals surface area contributed by atoms with E-state index >= 15 is 0 Å². The zero-order valence-corrected chi connectivity index (χ0v) is 13.5. The van der Waals surface area contributed by atoms with E-state index in [4.69, 9.17) is 10.5 Å². The summed E-state index contributed by atoms with van der Waals surface area (Å²) in [5, 5.41) is 0. The van der Waals surface area contributed by atoms with Crippen LogP contribution in [0.3, 0.4) is 0 Å². The normalized spacial score (nSPS) is 13.0.